The van der Waals surface area contributed by atoms with E-state index in [2.05, 4.69) is 50.4 Å². The molecule has 0 aromatic carbocycles. The molecule has 0 aliphatic heterocycles. The molecule has 6 rings (SSSR count). The van der Waals surface area contributed by atoms with Crippen LogP contribution in [0.2, 0.25) is 0 Å². The maximum absolute atomic E-state index is 4.20. The summed E-state index contributed by atoms with van der Waals surface area (Å²) in [5.74, 6) is 0. The standard InChI is InChI=1S/2C18H33P.2ClH.2Cu/c2*1-4-10-16(11-5-1)19(17-12-6-2-7-13-17)18-14-8-3-9-15-18;;;;/h2*16-18H,1-15H2;2*1H;;/q;;;;2*+1/p-2. The maximum atomic E-state index is 4.20. The predicted molar refractivity (Wildman–Crippen MR) is 187 cm³/mol. The van der Waals surface area contributed by atoms with Crippen molar-refractivity contribution in [2.24, 2.45) is 0 Å². The van der Waals surface area contributed by atoms with Gasteiger partial charge in [-0.25, -0.2) is 0 Å². The van der Waals surface area contributed by atoms with Crippen molar-refractivity contribution in [1.82, 2.24) is 0 Å². The molecule has 0 N–H and O–H groups in total. The first kappa shape index (κ1) is 38.9. The van der Waals surface area contributed by atoms with Crippen LogP contribution in [0.3, 0.4) is 0 Å². The molecule has 0 heterocycles. The van der Waals surface area contributed by atoms with E-state index in [0.717, 1.165) is 0 Å². The predicted octanol–water partition coefficient (Wildman–Crippen LogP) is 14.3. The van der Waals surface area contributed by atoms with E-state index in [4.69, 9.17) is 0 Å². The van der Waals surface area contributed by atoms with E-state index in [1.807, 2.05) is 0 Å². The summed E-state index contributed by atoms with van der Waals surface area (Å²) in [5.41, 5.74) is 7.14. The van der Waals surface area contributed by atoms with Crippen molar-refractivity contribution in [1.29, 1.82) is 0 Å². The van der Waals surface area contributed by atoms with Crippen molar-refractivity contribution in [2.75, 3.05) is 0 Å². The van der Waals surface area contributed by atoms with Gasteiger partial charge in [0.15, 0.2) is 0 Å². The summed E-state index contributed by atoms with van der Waals surface area (Å²) >= 11 is 7.32. The van der Waals surface area contributed by atoms with Gasteiger partial charge in [-0.1, -0.05) is 131 Å². The second-order valence-corrected chi connectivity index (χ2v) is 20.8. The summed E-state index contributed by atoms with van der Waals surface area (Å²) in [6.45, 7) is 0. The van der Waals surface area contributed by atoms with E-state index in [1.54, 1.807) is 154 Å². The zero-order valence-electron chi connectivity index (χ0n) is 26.9. The molecular formula is C36H66Cl2Cu2P2. The zero-order valence-corrected chi connectivity index (χ0v) is 32.1. The Hall–Kier alpha value is 2.48. The Labute approximate surface area is 290 Å². The number of hydrogen-bond donors (Lipinski definition) is 0. The molecule has 0 aromatic heterocycles. The Bertz CT molecular complexity index is 480. The van der Waals surface area contributed by atoms with Crippen LogP contribution in [0.1, 0.15) is 193 Å². The molecule has 0 spiro atoms. The molecular weight excluding hydrogens is 692 g/mol. The molecule has 42 heavy (non-hydrogen) atoms. The van der Waals surface area contributed by atoms with Crippen LogP contribution in [-0.4, -0.2) is 34.0 Å². The SMILES string of the molecule is C1CCC(P(C2CCCCC2)C2CCCCC2)CC1.C1CCC(P(C2CCCCC2)C2CCCCC2)CC1.[Cl][Cu].[Cl][Cu]. The molecule has 0 amide bonds. The summed E-state index contributed by atoms with van der Waals surface area (Å²) in [4.78, 5) is 0. The second-order valence-electron chi connectivity index (χ2n) is 14.6. The summed E-state index contributed by atoms with van der Waals surface area (Å²) < 4.78 is 0. The van der Waals surface area contributed by atoms with E-state index in [9.17, 15) is 0 Å². The van der Waals surface area contributed by atoms with E-state index in [-0.39, 0.29) is 0 Å². The Kier molecular flexibility index (Phi) is 22.8. The van der Waals surface area contributed by atoms with Crippen molar-refractivity contribution < 1.29 is 30.2 Å². The van der Waals surface area contributed by atoms with Gasteiger partial charge in [-0.3, -0.25) is 0 Å². The van der Waals surface area contributed by atoms with Crippen molar-refractivity contribution in [3.63, 3.8) is 0 Å². The average Bonchev–Trinajstić information content (AvgIpc) is 3.10. The zero-order chi connectivity index (χ0) is 29.8. The van der Waals surface area contributed by atoms with Gasteiger partial charge in [-0.15, -0.1) is 0 Å². The van der Waals surface area contributed by atoms with Gasteiger partial charge < -0.3 is 0 Å². The van der Waals surface area contributed by atoms with Crippen LogP contribution in [0.25, 0.3) is 0 Å². The van der Waals surface area contributed by atoms with Gasteiger partial charge in [0.1, 0.15) is 0 Å². The van der Waals surface area contributed by atoms with Crippen molar-refractivity contribution >= 4 is 36.0 Å². The first-order chi connectivity index (χ1) is 20.9. The van der Waals surface area contributed by atoms with Gasteiger partial charge in [0.05, 0.1) is 0 Å². The van der Waals surface area contributed by atoms with Crippen LogP contribution in [0, 0.1) is 0 Å². The van der Waals surface area contributed by atoms with Crippen LogP contribution in [0.4, 0.5) is 0 Å². The first-order valence-corrected chi connectivity index (χ1v) is 24.4. The van der Waals surface area contributed by atoms with Crippen LogP contribution in [0.15, 0.2) is 0 Å². The van der Waals surface area contributed by atoms with E-state index < -0.39 is 0 Å². The molecule has 6 aliphatic rings. The summed E-state index contributed by atoms with van der Waals surface area (Å²) in [7, 11) is 9.17. The summed E-state index contributed by atoms with van der Waals surface area (Å²) in [6.07, 6.45) is 47.2. The Morgan fingerprint density at radius 2 is 0.357 bits per heavy atom. The van der Waals surface area contributed by atoms with Crippen molar-refractivity contribution in [2.45, 2.75) is 227 Å². The quantitative estimate of drug-likeness (QED) is 0.187. The number of halogens is 2. The Morgan fingerprint density at radius 1 is 0.238 bits per heavy atom. The van der Waals surface area contributed by atoms with Crippen LogP contribution < -0.4 is 0 Å². The van der Waals surface area contributed by atoms with Crippen LogP contribution in [0.5, 0.6) is 0 Å². The van der Waals surface area contributed by atoms with Crippen molar-refractivity contribution in [3.05, 3.63) is 0 Å². The molecule has 0 unspecified atom stereocenters. The molecule has 0 radical (unpaired) electrons. The third-order valence-electron chi connectivity index (χ3n) is 12.0. The van der Waals surface area contributed by atoms with Gasteiger partial charge >= 0.3 is 50.4 Å². The fraction of sp³-hybridized carbons (Fsp3) is 1.00. The summed E-state index contributed by atoms with van der Waals surface area (Å²) in [5, 5.41) is 0. The molecule has 0 bridgehead atoms. The van der Waals surface area contributed by atoms with Gasteiger partial charge in [0.2, 0.25) is 0 Å². The second kappa shape index (κ2) is 24.6. The minimum atomic E-state index is 0.385. The first-order valence-electron chi connectivity index (χ1n) is 18.7. The third kappa shape index (κ3) is 13.2. The molecule has 0 saturated heterocycles. The van der Waals surface area contributed by atoms with E-state index in [0.29, 0.717) is 15.8 Å². The third-order valence-corrected chi connectivity index (χ3v) is 20.1. The molecule has 0 nitrogen and oxygen atoms in total. The molecule has 6 aliphatic carbocycles. The molecule has 256 valence electrons. The molecule has 6 fully saturated rings. The summed E-state index contributed by atoms with van der Waals surface area (Å²) in [6, 6.07) is 0. The molecule has 0 atom stereocenters. The minimum absolute atomic E-state index is 0.385. The number of rotatable bonds is 6. The topological polar surface area (TPSA) is 0 Å². The monoisotopic (exact) mass is 756 g/mol. The van der Waals surface area contributed by atoms with Gasteiger partial charge in [-0.2, -0.15) is 0 Å². The van der Waals surface area contributed by atoms with Crippen molar-refractivity contribution in [3.8, 4) is 0 Å². The van der Waals surface area contributed by atoms with Gasteiger partial charge in [0, 0.05) is 0 Å². The van der Waals surface area contributed by atoms with Crippen LogP contribution in [-0.2, 0) is 30.2 Å². The Morgan fingerprint density at radius 3 is 0.476 bits per heavy atom. The van der Waals surface area contributed by atoms with Gasteiger partial charge in [0.25, 0.3) is 0 Å². The van der Waals surface area contributed by atoms with Crippen LogP contribution >= 0.6 is 36.0 Å². The normalized spacial score (nSPS) is 26.5. The molecule has 0 aromatic rings. The van der Waals surface area contributed by atoms with E-state index in [1.165, 1.54) is 72.5 Å². The molecule has 6 saturated carbocycles. The van der Waals surface area contributed by atoms with E-state index >= 15 is 0 Å². The fourth-order valence-corrected chi connectivity index (χ4v) is 19.4. The molecule has 6 heteroatoms. The average molecular weight is 759 g/mol. The van der Waals surface area contributed by atoms with Gasteiger partial charge in [-0.05, 0) is 111 Å². The number of hydrogen-bond acceptors (Lipinski definition) is 0. The fourth-order valence-electron chi connectivity index (χ4n) is 10.1. The Balaban J connectivity index is 0.000000206.